The van der Waals surface area contributed by atoms with Gasteiger partial charge in [-0.15, -0.1) is 0 Å². The van der Waals surface area contributed by atoms with Crippen LogP contribution in [0, 0.1) is 23.7 Å². The number of rotatable bonds is 6. The molecule has 0 amide bonds. The van der Waals surface area contributed by atoms with Crippen LogP contribution in [0.3, 0.4) is 0 Å². The molecular formula is C35H21FN6O2. The summed E-state index contributed by atoms with van der Waals surface area (Å²) in [6.45, 7) is 7.93. The summed E-state index contributed by atoms with van der Waals surface area (Å²) in [5.41, 5.74) is 3.47. The molecule has 9 heteroatoms. The predicted octanol–water partition coefficient (Wildman–Crippen LogP) is 8.39. The molecule has 0 saturated carbocycles. The van der Waals surface area contributed by atoms with Crippen molar-refractivity contribution in [2.45, 2.75) is 0 Å². The van der Waals surface area contributed by atoms with Crippen molar-refractivity contribution in [2.75, 3.05) is 7.11 Å². The first-order chi connectivity index (χ1) is 21.6. The number of para-hydroxylation sites is 1. The minimum atomic E-state index is -0.385. The minimum Gasteiger partial charge on any atom is -0.496 e. The van der Waals surface area contributed by atoms with E-state index >= 15 is 0 Å². The number of methoxy groups -OCH3 is 1. The second-order valence-corrected chi connectivity index (χ2v) is 9.88. The second kappa shape index (κ2) is 10.8. The van der Waals surface area contributed by atoms with Gasteiger partial charge in [-0.3, -0.25) is 4.57 Å². The van der Waals surface area contributed by atoms with Gasteiger partial charge in [-0.05, 0) is 29.8 Å². The summed E-state index contributed by atoms with van der Waals surface area (Å²) in [5, 5.41) is 16.3. The third-order valence-corrected chi connectivity index (χ3v) is 7.30. The largest absolute Gasteiger partial charge is 0.496 e. The average molecular weight is 577 g/mol. The lowest BCUT2D eigenvalue weighted by molar-refractivity contribution is 0.408. The Morgan fingerprint density at radius 2 is 1.61 bits per heavy atom. The van der Waals surface area contributed by atoms with Crippen LogP contribution in [-0.4, -0.2) is 26.4 Å². The lowest BCUT2D eigenvalue weighted by atomic mass is 10.1. The lowest BCUT2D eigenvalue weighted by Gasteiger charge is -2.11. The molecule has 0 aliphatic heterocycles. The highest BCUT2D eigenvalue weighted by atomic mass is 19.1. The molecule has 0 radical (unpaired) electrons. The molecule has 0 atom stereocenters. The van der Waals surface area contributed by atoms with Crippen LogP contribution in [0.5, 0.6) is 17.2 Å². The van der Waals surface area contributed by atoms with Crippen molar-refractivity contribution in [2.24, 2.45) is 0 Å². The average Bonchev–Trinajstić information content (AvgIpc) is 3.60. The van der Waals surface area contributed by atoms with E-state index in [4.69, 9.17) is 16.0 Å². The van der Waals surface area contributed by atoms with Crippen LogP contribution in [0.25, 0.3) is 49.3 Å². The molecule has 8 nitrogen and oxygen atoms in total. The monoisotopic (exact) mass is 576 g/mol. The summed E-state index contributed by atoms with van der Waals surface area (Å²) in [6.07, 6.45) is 1.44. The molecule has 3 heterocycles. The predicted molar refractivity (Wildman–Crippen MR) is 165 cm³/mol. The molecular weight excluding hydrogens is 555 g/mol. The van der Waals surface area contributed by atoms with Gasteiger partial charge in [0.05, 0.1) is 18.1 Å². The van der Waals surface area contributed by atoms with Crippen molar-refractivity contribution in [1.82, 2.24) is 19.3 Å². The first-order valence-corrected chi connectivity index (χ1v) is 13.6. The van der Waals surface area contributed by atoms with Crippen LogP contribution in [0.1, 0.15) is 5.69 Å². The molecule has 0 unspecified atom stereocenters. The van der Waals surface area contributed by atoms with Crippen molar-refractivity contribution in [3.8, 4) is 45.9 Å². The van der Waals surface area contributed by atoms with Gasteiger partial charge in [0.2, 0.25) is 0 Å². The summed E-state index contributed by atoms with van der Waals surface area (Å²) >= 11 is 0. The Kier molecular flexibility index (Phi) is 6.46. The van der Waals surface area contributed by atoms with Crippen molar-refractivity contribution >= 4 is 27.6 Å². The minimum absolute atomic E-state index is 0.136. The van der Waals surface area contributed by atoms with E-state index in [0.29, 0.717) is 34.3 Å². The Bertz CT molecular complexity index is 2290. The number of pyridine rings is 1. The van der Waals surface area contributed by atoms with Crippen LogP contribution in [-0.2, 0) is 0 Å². The molecule has 0 aliphatic carbocycles. The van der Waals surface area contributed by atoms with Crippen LogP contribution < -0.4 is 9.47 Å². The topological polar surface area (TPSA) is 82.3 Å². The summed E-state index contributed by atoms with van der Waals surface area (Å²) in [6, 6.07) is 32.8. The smallest absolute Gasteiger partial charge is 0.266 e. The molecule has 7 rings (SSSR count). The Morgan fingerprint density at radius 1 is 0.841 bits per heavy atom. The number of aromatic nitrogens is 4. The van der Waals surface area contributed by atoms with Gasteiger partial charge in [-0.2, -0.15) is 9.94 Å². The van der Waals surface area contributed by atoms with Gasteiger partial charge >= 0.3 is 0 Å². The standard InChI is InChI=1S/C35H21FN6O2/c1-38-35-34(22-8-4-3-5-9-22)30(21-37)40-42(35)24-17-26(43-2)19-27(18-24)44-25-12-13-29-28-10-6-7-11-31(28)41(32(29)20-25)33-16-23(36)14-15-39-33/h3-20H,2H3. The highest BCUT2D eigenvalue weighted by molar-refractivity contribution is 6.09. The van der Waals surface area contributed by atoms with E-state index in [9.17, 15) is 9.65 Å². The fourth-order valence-corrected chi connectivity index (χ4v) is 5.41. The number of nitriles is 1. The Balaban J connectivity index is 1.35. The normalized spacial score (nSPS) is 10.9. The fourth-order valence-electron chi connectivity index (χ4n) is 5.41. The van der Waals surface area contributed by atoms with Crippen LogP contribution >= 0.6 is 0 Å². The summed E-state index contributed by atoms with van der Waals surface area (Å²) < 4.78 is 29.5. The van der Waals surface area contributed by atoms with Crippen molar-refractivity contribution < 1.29 is 13.9 Å². The quantitative estimate of drug-likeness (QED) is 0.186. The van der Waals surface area contributed by atoms with Crippen LogP contribution in [0.2, 0.25) is 0 Å². The number of hydrogen-bond donors (Lipinski definition) is 0. The fraction of sp³-hybridized carbons (Fsp3) is 0.0286. The number of nitrogens with zero attached hydrogens (tertiary/aromatic N) is 6. The van der Waals surface area contributed by atoms with Gasteiger partial charge in [0, 0.05) is 52.9 Å². The highest BCUT2D eigenvalue weighted by Gasteiger charge is 2.23. The van der Waals surface area contributed by atoms with E-state index < -0.39 is 0 Å². The van der Waals surface area contributed by atoms with Gasteiger partial charge in [-0.1, -0.05) is 60.2 Å². The van der Waals surface area contributed by atoms with Gasteiger partial charge in [0.1, 0.15) is 40.6 Å². The molecule has 44 heavy (non-hydrogen) atoms. The van der Waals surface area contributed by atoms with E-state index in [1.807, 2.05) is 77.4 Å². The molecule has 0 saturated heterocycles. The molecule has 0 bridgehead atoms. The van der Waals surface area contributed by atoms with Gasteiger partial charge < -0.3 is 14.3 Å². The van der Waals surface area contributed by atoms with Gasteiger partial charge in [0.15, 0.2) is 5.69 Å². The molecule has 3 aromatic heterocycles. The van der Waals surface area contributed by atoms with E-state index in [1.54, 1.807) is 18.2 Å². The van der Waals surface area contributed by atoms with Crippen molar-refractivity contribution in [3.63, 3.8) is 0 Å². The molecule has 0 spiro atoms. The number of benzene rings is 4. The summed E-state index contributed by atoms with van der Waals surface area (Å²) in [5.74, 6) is 1.68. The lowest BCUT2D eigenvalue weighted by Crippen LogP contribution is -1.99. The number of halogens is 1. The number of fused-ring (bicyclic) bond motifs is 3. The Labute approximate surface area is 251 Å². The van der Waals surface area contributed by atoms with Crippen molar-refractivity contribution in [1.29, 1.82) is 5.26 Å². The summed E-state index contributed by atoms with van der Waals surface area (Å²) in [7, 11) is 1.54. The zero-order valence-electron chi connectivity index (χ0n) is 23.3. The first-order valence-electron chi connectivity index (χ1n) is 13.6. The molecule has 0 fully saturated rings. The van der Waals surface area contributed by atoms with E-state index in [-0.39, 0.29) is 17.3 Å². The molecule has 7 aromatic rings. The van der Waals surface area contributed by atoms with Crippen molar-refractivity contribution in [3.05, 3.63) is 132 Å². The maximum atomic E-state index is 14.2. The zero-order chi connectivity index (χ0) is 30.2. The first kappa shape index (κ1) is 26.4. The molecule has 4 aromatic carbocycles. The van der Waals surface area contributed by atoms with E-state index in [0.717, 1.165) is 27.4 Å². The highest BCUT2D eigenvalue weighted by Crippen LogP contribution is 2.39. The Hall–Kier alpha value is -6.45. The maximum Gasteiger partial charge on any atom is 0.266 e. The Morgan fingerprint density at radius 3 is 2.39 bits per heavy atom. The number of ether oxygens (including phenoxy) is 2. The molecule has 0 N–H and O–H groups in total. The molecule has 210 valence electrons. The zero-order valence-corrected chi connectivity index (χ0v) is 23.3. The third-order valence-electron chi connectivity index (χ3n) is 7.30. The van der Waals surface area contributed by atoms with Crippen LogP contribution in [0.15, 0.2) is 109 Å². The maximum absolute atomic E-state index is 14.2. The van der Waals surface area contributed by atoms with E-state index in [1.165, 1.54) is 30.1 Å². The number of hydrogen-bond acceptors (Lipinski definition) is 5. The van der Waals surface area contributed by atoms with E-state index in [2.05, 4.69) is 21.0 Å². The molecule has 0 aliphatic rings. The third kappa shape index (κ3) is 4.46. The second-order valence-electron chi connectivity index (χ2n) is 9.88. The van der Waals surface area contributed by atoms with Crippen LogP contribution in [0.4, 0.5) is 10.2 Å². The van der Waals surface area contributed by atoms with Gasteiger partial charge in [-0.25, -0.2) is 9.37 Å². The van der Waals surface area contributed by atoms with Gasteiger partial charge in [0.25, 0.3) is 5.82 Å². The summed E-state index contributed by atoms with van der Waals surface area (Å²) in [4.78, 5) is 8.17. The SMILES string of the molecule is [C-]#[N+]c1c(-c2ccccc2)c(C#N)nn1-c1cc(OC)cc(Oc2ccc3c4ccccc4n(-c4cc(F)ccn4)c3c2)c1.